The SMILES string of the molecule is Nc1ccc2c(c1)oc(=O)n2CCCOc1ccccc1. The van der Waals surface area contributed by atoms with Gasteiger partial charge in [-0.15, -0.1) is 0 Å². The highest BCUT2D eigenvalue weighted by Crippen LogP contribution is 2.16. The monoisotopic (exact) mass is 284 g/mol. The second-order valence-electron chi connectivity index (χ2n) is 4.76. The average Bonchev–Trinajstić information content (AvgIpc) is 2.79. The maximum Gasteiger partial charge on any atom is 0.419 e. The molecule has 3 rings (SSSR count). The number of hydrogen-bond acceptors (Lipinski definition) is 4. The highest BCUT2D eigenvalue weighted by Gasteiger charge is 2.08. The standard InChI is InChI=1S/C16H16N2O3/c17-12-7-8-14-15(11-12)21-16(19)18(14)9-4-10-20-13-5-2-1-3-6-13/h1-3,5-8,11H,4,9-10,17H2. The van der Waals surface area contributed by atoms with Gasteiger partial charge >= 0.3 is 5.76 Å². The molecule has 1 aromatic heterocycles. The molecule has 0 aliphatic rings. The number of oxazole rings is 1. The Bertz CT molecular complexity index is 790. The van der Waals surface area contributed by atoms with E-state index in [1.807, 2.05) is 30.3 Å². The zero-order valence-corrected chi connectivity index (χ0v) is 11.5. The third-order valence-corrected chi connectivity index (χ3v) is 3.23. The Hall–Kier alpha value is -2.69. The fourth-order valence-corrected chi connectivity index (χ4v) is 2.22. The molecule has 0 unspecified atom stereocenters. The number of aromatic nitrogens is 1. The van der Waals surface area contributed by atoms with Crippen LogP contribution in [0.4, 0.5) is 5.69 Å². The van der Waals surface area contributed by atoms with Crippen molar-refractivity contribution in [2.24, 2.45) is 0 Å². The number of nitrogens with two attached hydrogens (primary N) is 1. The first-order valence-corrected chi connectivity index (χ1v) is 6.81. The van der Waals surface area contributed by atoms with E-state index in [2.05, 4.69) is 0 Å². The molecule has 2 N–H and O–H groups in total. The molecule has 21 heavy (non-hydrogen) atoms. The van der Waals surface area contributed by atoms with Crippen LogP contribution >= 0.6 is 0 Å². The van der Waals surface area contributed by atoms with Gasteiger partial charge in [0.15, 0.2) is 5.58 Å². The van der Waals surface area contributed by atoms with Crippen molar-refractivity contribution >= 4 is 16.8 Å². The largest absolute Gasteiger partial charge is 0.494 e. The number of para-hydroxylation sites is 1. The fraction of sp³-hybridized carbons (Fsp3) is 0.188. The maximum absolute atomic E-state index is 11.8. The lowest BCUT2D eigenvalue weighted by molar-refractivity contribution is 0.300. The van der Waals surface area contributed by atoms with E-state index in [4.69, 9.17) is 14.9 Å². The summed E-state index contributed by atoms with van der Waals surface area (Å²) in [5, 5.41) is 0. The fourth-order valence-electron chi connectivity index (χ4n) is 2.22. The first kappa shape index (κ1) is 13.3. The van der Waals surface area contributed by atoms with Gasteiger partial charge in [-0.25, -0.2) is 4.79 Å². The maximum atomic E-state index is 11.8. The molecule has 3 aromatic rings. The number of nitrogens with zero attached hydrogens (tertiary/aromatic N) is 1. The van der Waals surface area contributed by atoms with E-state index in [1.54, 1.807) is 22.8 Å². The first-order valence-electron chi connectivity index (χ1n) is 6.81. The van der Waals surface area contributed by atoms with Crippen molar-refractivity contribution in [2.75, 3.05) is 12.3 Å². The van der Waals surface area contributed by atoms with Gasteiger partial charge in [0, 0.05) is 18.3 Å². The number of ether oxygens (including phenoxy) is 1. The summed E-state index contributed by atoms with van der Waals surface area (Å²) in [5.41, 5.74) is 7.53. The zero-order chi connectivity index (χ0) is 14.7. The van der Waals surface area contributed by atoms with Crippen LogP contribution in [-0.2, 0) is 6.54 Å². The summed E-state index contributed by atoms with van der Waals surface area (Å²) in [4.78, 5) is 11.8. The first-order chi connectivity index (χ1) is 10.2. The molecule has 1 heterocycles. The predicted molar refractivity (Wildman–Crippen MR) is 81.4 cm³/mol. The van der Waals surface area contributed by atoms with Gasteiger partial charge in [0.25, 0.3) is 0 Å². The Kier molecular flexibility index (Phi) is 3.64. The van der Waals surface area contributed by atoms with E-state index < -0.39 is 0 Å². The van der Waals surface area contributed by atoms with Crippen LogP contribution in [0.5, 0.6) is 5.75 Å². The van der Waals surface area contributed by atoms with Crippen molar-refractivity contribution in [3.8, 4) is 5.75 Å². The molecular formula is C16H16N2O3. The van der Waals surface area contributed by atoms with E-state index in [9.17, 15) is 4.79 Å². The molecule has 0 saturated heterocycles. The zero-order valence-electron chi connectivity index (χ0n) is 11.5. The molecule has 0 spiro atoms. The number of nitrogen functional groups attached to an aromatic ring is 1. The predicted octanol–water partition coefficient (Wildman–Crippen LogP) is 2.65. The third-order valence-electron chi connectivity index (χ3n) is 3.23. The van der Waals surface area contributed by atoms with Crippen molar-refractivity contribution in [1.82, 2.24) is 4.57 Å². The highest BCUT2D eigenvalue weighted by molar-refractivity contribution is 5.76. The lowest BCUT2D eigenvalue weighted by atomic mass is 10.3. The van der Waals surface area contributed by atoms with Gasteiger partial charge in [0.05, 0.1) is 12.1 Å². The molecule has 2 aromatic carbocycles. The van der Waals surface area contributed by atoms with Crippen molar-refractivity contribution in [2.45, 2.75) is 13.0 Å². The van der Waals surface area contributed by atoms with E-state index in [0.717, 1.165) is 11.3 Å². The van der Waals surface area contributed by atoms with Gasteiger partial charge in [-0.1, -0.05) is 18.2 Å². The number of benzene rings is 2. The van der Waals surface area contributed by atoms with Gasteiger partial charge in [0.2, 0.25) is 0 Å². The quantitative estimate of drug-likeness (QED) is 0.577. The Morgan fingerprint density at radius 3 is 2.76 bits per heavy atom. The van der Waals surface area contributed by atoms with Gasteiger partial charge in [-0.3, -0.25) is 4.57 Å². The minimum absolute atomic E-state index is 0.365. The van der Waals surface area contributed by atoms with Crippen LogP contribution in [0.2, 0.25) is 0 Å². The van der Waals surface area contributed by atoms with Crippen LogP contribution in [0.3, 0.4) is 0 Å². The molecule has 5 nitrogen and oxygen atoms in total. The molecule has 108 valence electrons. The number of hydrogen-bond donors (Lipinski definition) is 1. The van der Waals surface area contributed by atoms with Crippen LogP contribution in [0.1, 0.15) is 6.42 Å². The second kappa shape index (κ2) is 5.75. The Morgan fingerprint density at radius 2 is 1.95 bits per heavy atom. The van der Waals surface area contributed by atoms with Crippen LogP contribution in [0.15, 0.2) is 57.7 Å². The summed E-state index contributed by atoms with van der Waals surface area (Å²) in [6.07, 6.45) is 0.716. The van der Waals surface area contributed by atoms with Crippen molar-refractivity contribution in [3.05, 3.63) is 59.1 Å². The second-order valence-corrected chi connectivity index (χ2v) is 4.76. The van der Waals surface area contributed by atoms with Crippen LogP contribution in [0, 0.1) is 0 Å². The lowest BCUT2D eigenvalue weighted by Gasteiger charge is -2.06. The summed E-state index contributed by atoms with van der Waals surface area (Å²) in [6.45, 7) is 1.08. The normalized spacial score (nSPS) is 10.9. The molecule has 0 radical (unpaired) electrons. The highest BCUT2D eigenvalue weighted by atomic mass is 16.5. The smallest absolute Gasteiger partial charge is 0.419 e. The summed E-state index contributed by atoms with van der Waals surface area (Å²) in [6, 6.07) is 14.8. The number of rotatable bonds is 5. The van der Waals surface area contributed by atoms with Crippen molar-refractivity contribution in [1.29, 1.82) is 0 Å². The molecule has 0 aliphatic heterocycles. The van der Waals surface area contributed by atoms with E-state index in [1.165, 1.54) is 0 Å². The Labute approximate surface area is 121 Å². The molecular weight excluding hydrogens is 268 g/mol. The topological polar surface area (TPSA) is 70.4 Å². The number of aryl methyl sites for hydroxylation is 1. The minimum Gasteiger partial charge on any atom is -0.494 e. The van der Waals surface area contributed by atoms with E-state index >= 15 is 0 Å². The molecule has 0 fully saturated rings. The molecule has 0 bridgehead atoms. The average molecular weight is 284 g/mol. The summed E-state index contributed by atoms with van der Waals surface area (Å²) >= 11 is 0. The van der Waals surface area contributed by atoms with Gasteiger partial charge in [0.1, 0.15) is 5.75 Å². The molecule has 0 aliphatic carbocycles. The summed E-state index contributed by atoms with van der Waals surface area (Å²) < 4.78 is 12.4. The number of anilines is 1. The van der Waals surface area contributed by atoms with Crippen LogP contribution < -0.4 is 16.2 Å². The molecule has 5 heteroatoms. The lowest BCUT2D eigenvalue weighted by Crippen LogP contribution is -2.15. The van der Waals surface area contributed by atoms with E-state index in [0.29, 0.717) is 30.8 Å². The van der Waals surface area contributed by atoms with Crippen LogP contribution in [0.25, 0.3) is 11.1 Å². The summed E-state index contributed by atoms with van der Waals surface area (Å²) in [5.74, 6) is 0.463. The van der Waals surface area contributed by atoms with Crippen LogP contribution in [-0.4, -0.2) is 11.2 Å². The van der Waals surface area contributed by atoms with Gasteiger partial charge in [-0.05, 0) is 30.7 Å². The molecule has 0 saturated carbocycles. The van der Waals surface area contributed by atoms with E-state index in [-0.39, 0.29) is 5.76 Å². The van der Waals surface area contributed by atoms with Gasteiger partial charge < -0.3 is 14.9 Å². The molecule has 0 amide bonds. The summed E-state index contributed by atoms with van der Waals surface area (Å²) in [7, 11) is 0. The third kappa shape index (κ3) is 2.91. The Balaban J connectivity index is 1.66. The molecule has 0 atom stereocenters. The number of fused-ring (bicyclic) bond motifs is 1. The van der Waals surface area contributed by atoms with Gasteiger partial charge in [-0.2, -0.15) is 0 Å². The van der Waals surface area contributed by atoms with Crippen molar-refractivity contribution < 1.29 is 9.15 Å². The van der Waals surface area contributed by atoms with Crippen molar-refractivity contribution in [3.63, 3.8) is 0 Å². The minimum atomic E-state index is -0.365. The Morgan fingerprint density at radius 1 is 1.14 bits per heavy atom.